The van der Waals surface area contributed by atoms with Crippen LogP contribution in [-0.4, -0.2) is 16.2 Å². The van der Waals surface area contributed by atoms with Crippen molar-refractivity contribution in [1.29, 1.82) is 0 Å². The standard InChI is InChI=1S/C16H21NO/c1-2-3-4-7-14(18)12-13-10-11-17-16-9-6-5-8-15(13)16/h5-6,8-11,14,18H,2-4,7,12H2,1H3. The molecule has 0 spiro atoms. The van der Waals surface area contributed by atoms with Crippen LogP contribution in [0.5, 0.6) is 0 Å². The highest BCUT2D eigenvalue weighted by atomic mass is 16.3. The number of aromatic nitrogens is 1. The fraction of sp³-hybridized carbons (Fsp3) is 0.438. The predicted octanol–water partition coefficient (Wildman–Crippen LogP) is 3.72. The molecule has 0 aliphatic rings. The Morgan fingerprint density at radius 3 is 2.83 bits per heavy atom. The third-order valence-corrected chi connectivity index (χ3v) is 3.34. The summed E-state index contributed by atoms with van der Waals surface area (Å²) in [6, 6.07) is 10.1. The largest absolute Gasteiger partial charge is 0.393 e. The van der Waals surface area contributed by atoms with Gasteiger partial charge in [-0.15, -0.1) is 0 Å². The summed E-state index contributed by atoms with van der Waals surface area (Å²) >= 11 is 0. The van der Waals surface area contributed by atoms with Crippen molar-refractivity contribution in [2.24, 2.45) is 0 Å². The first kappa shape index (κ1) is 13.0. The molecule has 1 heterocycles. The van der Waals surface area contributed by atoms with Gasteiger partial charge in [-0.05, 0) is 30.5 Å². The summed E-state index contributed by atoms with van der Waals surface area (Å²) in [6.45, 7) is 2.18. The topological polar surface area (TPSA) is 33.1 Å². The smallest absolute Gasteiger partial charge is 0.0704 e. The van der Waals surface area contributed by atoms with Gasteiger partial charge in [0.05, 0.1) is 11.6 Å². The molecule has 96 valence electrons. The lowest BCUT2D eigenvalue weighted by Gasteiger charge is -2.12. The summed E-state index contributed by atoms with van der Waals surface area (Å²) < 4.78 is 0. The highest BCUT2D eigenvalue weighted by Gasteiger charge is 2.08. The number of nitrogens with zero attached hydrogens (tertiary/aromatic N) is 1. The molecular formula is C16H21NO. The van der Waals surface area contributed by atoms with Gasteiger partial charge in [-0.2, -0.15) is 0 Å². The molecule has 1 atom stereocenters. The van der Waals surface area contributed by atoms with Crippen molar-refractivity contribution in [2.45, 2.75) is 45.1 Å². The normalized spacial score (nSPS) is 12.8. The molecule has 2 nitrogen and oxygen atoms in total. The molecule has 2 rings (SSSR count). The van der Waals surface area contributed by atoms with E-state index in [0.29, 0.717) is 0 Å². The molecule has 0 amide bonds. The number of aliphatic hydroxyl groups excluding tert-OH is 1. The van der Waals surface area contributed by atoms with Crippen LogP contribution in [-0.2, 0) is 6.42 Å². The Hall–Kier alpha value is -1.41. The first-order valence-corrected chi connectivity index (χ1v) is 6.82. The van der Waals surface area contributed by atoms with Crippen LogP contribution < -0.4 is 0 Å². The van der Waals surface area contributed by atoms with Gasteiger partial charge in [-0.3, -0.25) is 4.98 Å². The SMILES string of the molecule is CCCCCC(O)Cc1ccnc2ccccc12. The van der Waals surface area contributed by atoms with E-state index in [0.717, 1.165) is 30.2 Å². The lowest BCUT2D eigenvalue weighted by molar-refractivity contribution is 0.161. The number of pyridine rings is 1. The molecule has 0 saturated heterocycles. The maximum absolute atomic E-state index is 10.1. The minimum atomic E-state index is -0.234. The van der Waals surface area contributed by atoms with E-state index >= 15 is 0 Å². The minimum absolute atomic E-state index is 0.234. The molecule has 1 N–H and O–H groups in total. The third kappa shape index (κ3) is 3.30. The summed E-state index contributed by atoms with van der Waals surface area (Å²) in [5, 5.41) is 11.2. The van der Waals surface area contributed by atoms with Crippen LogP contribution in [0.1, 0.15) is 38.2 Å². The fourth-order valence-electron chi connectivity index (χ4n) is 2.32. The molecule has 1 unspecified atom stereocenters. The van der Waals surface area contributed by atoms with Crippen LogP contribution in [0.15, 0.2) is 36.5 Å². The Bertz CT molecular complexity index is 490. The van der Waals surface area contributed by atoms with Gasteiger partial charge in [-0.1, -0.05) is 44.4 Å². The first-order chi connectivity index (χ1) is 8.81. The molecule has 0 fully saturated rings. The number of aliphatic hydroxyl groups is 1. The van der Waals surface area contributed by atoms with E-state index in [9.17, 15) is 5.11 Å². The minimum Gasteiger partial charge on any atom is -0.393 e. The van der Waals surface area contributed by atoms with Gasteiger partial charge in [-0.25, -0.2) is 0 Å². The molecule has 0 saturated carbocycles. The van der Waals surface area contributed by atoms with E-state index in [2.05, 4.69) is 18.0 Å². The highest BCUT2D eigenvalue weighted by molar-refractivity contribution is 5.81. The molecule has 0 aliphatic heterocycles. The van der Waals surface area contributed by atoms with E-state index in [1.165, 1.54) is 18.4 Å². The number of rotatable bonds is 6. The van der Waals surface area contributed by atoms with Crippen LogP contribution >= 0.6 is 0 Å². The van der Waals surface area contributed by atoms with E-state index < -0.39 is 0 Å². The summed E-state index contributed by atoms with van der Waals surface area (Å²) in [6.07, 6.45) is 6.73. The van der Waals surface area contributed by atoms with E-state index in [1.54, 1.807) is 0 Å². The first-order valence-electron chi connectivity index (χ1n) is 6.82. The van der Waals surface area contributed by atoms with Crippen LogP contribution in [0.2, 0.25) is 0 Å². The summed E-state index contributed by atoms with van der Waals surface area (Å²) in [5.74, 6) is 0. The van der Waals surface area contributed by atoms with Crippen LogP contribution in [0.4, 0.5) is 0 Å². The molecule has 0 aliphatic carbocycles. The fourth-order valence-corrected chi connectivity index (χ4v) is 2.32. The Morgan fingerprint density at radius 1 is 1.17 bits per heavy atom. The molecule has 1 aromatic heterocycles. The maximum atomic E-state index is 10.1. The van der Waals surface area contributed by atoms with Gasteiger partial charge in [0.1, 0.15) is 0 Å². The zero-order valence-electron chi connectivity index (χ0n) is 11.0. The third-order valence-electron chi connectivity index (χ3n) is 3.34. The Labute approximate surface area is 109 Å². The Balaban J connectivity index is 2.07. The van der Waals surface area contributed by atoms with Crippen molar-refractivity contribution in [3.8, 4) is 0 Å². The van der Waals surface area contributed by atoms with Gasteiger partial charge >= 0.3 is 0 Å². The van der Waals surface area contributed by atoms with E-state index in [-0.39, 0.29) is 6.10 Å². The second kappa shape index (κ2) is 6.50. The maximum Gasteiger partial charge on any atom is 0.0704 e. The summed E-state index contributed by atoms with van der Waals surface area (Å²) in [4.78, 5) is 4.34. The Kier molecular flexibility index (Phi) is 4.71. The lowest BCUT2D eigenvalue weighted by atomic mass is 10.00. The molecule has 2 aromatic rings. The predicted molar refractivity (Wildman–Crippen MR) is 75.6 cm³/mol. The number of para-hydroxylation sites is 1. The van der Waals surface area contributed by atoms with Crippen LogP contribution in [0.3, 0.4) is 0 Å². The van der Waals surface area contributed by atoms with Crippen molar-refractivity contribution in [3.63, 3.8) is 0 Å². The quantitative estimate of drug-likeness (QED) is 0.784. The number of benzene rings is 1. The van der Waals surface area contributed by atoms with Gasteiger partial charge in [0.2, 0.25) is 0 Å². The van der Waals surface area contributed by atoms with Gasteiger partial charge < -0.3 is 5.11 Å². The van der Waals surface area contributed by atoms with Crippen molar-refractivity contribution < 1.29 is 5.11 Å². The highest BCUT2D eigenvalue weighted by Crippen LogP contribution is 2.19. The second-order valence-corrected chi connectivity index (χ2v) is 4.84. The molecule has 0 radical (unpaired) electrons. The number of hydrogen-bond acceptors (Lipinski definition) is 2. The van der Waals surface area contributed by atoms with E-state index in [1.807, 2.05) is 30.5 Å². The van der Waals surface area contributed by atoms with Crippen molar-refractivity contribution in [2.75, 3.05) is 0 Å². The number of unbranched alkanes of at least 4 members (excludes halogenated alkanes) is 2. The molecule has 18 heavy (non-hydrogen) atoms. The van der Waals surface area contributed by atoms with Gasteiger partial charge in [0.25, 0.3) is 0 Å². The van der Waals surface area contributed by atoms with Crippen molar-refractivity contribution in [3.05, 3.63) is 42.1 Å². The van der Waals surface area contributed by atoms with Gasteiger partial charge in [0.15, 0.2) is 0 Å². The molecule has 0 bridgehead atoms. The molecule has 1 aromatic carbocycles. The second-order valence-electron chi connectivity index (χ2n) is 4.84. The van der Waals surface area contributed by atoms with Gasteiger partial charge in [0, 0.05) is 11.6 Å². The van der Waals surface area contributed by atoms with Crippen molar-refractivity contribution >= 4 is 10.9 Å². The molecular weight excluding hydrogens is 222 g/mol. The van der Waals surface area contributed by atoms with Crippen LogP contribution in [0.25, 0.3) is 10.9 Å². The zero-order valence-corrected chi connectivity index (χ0v) is 11.0. The average molecular weight is 243 g/mol. The summed E-state index contributed by atoms with van der Waals surface area (Å²) in [7, 11) is 0. The zero-order chi connectivity index (χ0) is 12.8. The Morgan fingerprint density at radius 2 is 2.00 bits per heavy atom. The lowest BCUT2D eigenvalue weighted by Crippen LogP contribution is -2.10. The number of hydrogen-bond donors (Lipinski definition) is 1. The summed E-state index contributed by atoms with van der Waals surface area (Å²) in [5.41, 5.74) is 2.21. The van der Waals surface area contributed by atoms with E-state index in [4.69, 9.17) is 0 Å². The van der Waals surface area contributed by atoms with Crippen molar-refractivity contribution in [1.82, 2.24) is 4.98 Å². The molecule has 2 heteroatoms. The monoisotopic (exact) mass is 243 g/mol. The number of fused-ring (bicyclic) bond motifs is 1. The van der Waals surface area contributed by atoms with Crippen LogP contribution in [0, 0.1) is 0 Å². The average Bonchev–Trinajstić information content (AvgIpc) is 2.39.